The number of guanidine groups is 1. The number of rotatable bonds is 8. The van der Waals surface area contributed by atoms with Crippen LogP contribution in [0.15, 0.2) is 59.6 Å². The molecule has 2 aliphatic heterocycles. The SMILES string of the molecule is CCNC(=NCCCCN1C(=O)c2ccccc2C1=O)NC1CCN(c2ccccc2)C1.I. The van der Waals surface area contributed by atoms with Crippen molar-refractivity contribution in [2.75, 3.05) is 37.6 Å². The molecule has 0 aliphatic carbocycles. The van der Waals surface area contributed by atoms with E-state index in [9.17, 15) is 9.59 Å². The van der Waals surface area contributed by atoms with E-state index in [0.29, 0.717) is 30.3 Å². The number of anilines is 1. The second kappa shape index (κ2) is 12.0. The summed E-state index contributed by atoms with van der Waals surface area (Å²) in [5, 5.41) is 6.88. The number of fused-ring (bicyclic) bond motifs is 1. The van der Waals surface area contributed by atoms with Gasteiger partial charge in [-0.05, 0) is 50.5 Å². The van der Waals surface area contributed by atoms with E-state index in [2.05, 4.69) is 46.7 Å². The van der Waals surface area contributed by atoms with Crippen molar-refractivity contribution >= 4 is 47.4 Å². The minimum atomic E-state index is -0.187. The van der Waals surface area contributed by atoms with Gasteiger partial charge in [0.05, 0.1) is 11.1 Å². The molecule has 2 aromatic carbocycles. The zero-order chi connectivity index (χ0) is 22.3. The highest BCUT2D eigenvalue weighted by Crippen LogP contribution is 2.23. The van der Waals surface area contributed by atoms with Crippen molar-refractivity contribution in [3.63, 3.8) is 0 Å². The van der Waals surface area contributed by atoms with Crippen LogP contribution in [0.25, 0.3) is 0 Å². The van der Waals surface area contributed by atoms with Gasteiger partial charge in [0.2, 0.25) is 0 Å². The topological polar surface area (TPSA) is 77.0 Å². The molecule has 2 aliphatic rings. The number of unbranched alkanes of at least 4 members (excludes halogenated alkanes) is 1. The second-order valence-corrected chi connectivity index (χ2v) is 8.19. The van der Waals surface area contributed by atoms with Gasteiger partial charge in [-0.2, -0.15) is 0 Å². The number of hydrogen-bond donors (Lipinski definition) is 2. The lowest BCUT2D eigenvalue weighted by Crippen LogP contribution is -2.44. The van der Waals surface area contributed by atoms with E-state index in [1.54, 1.807) is 24.3 Å². The first-order valence-corrected chi connectivity index (χ1v) is 11.5. The van der Waals surface area contributed by atoms with Gasteiger partial charge in [0, 0.05) is 44.5 Å². The van der Waals surface area contributed by atoms with Crippen LogP contribution in [0.5, 0.6) is 0 Å². The maximum atomic E-state index is 12.4. The van der Waals surface area contributed by atoms with Gasteiger partial charge < -0.3 is 15.5 Å². The minimum Gasteiger partial charge on any atom is -0.369 e. The zero-order valence-electron chi connectivity index (χ0n) is 19.0. The third-order valence-corrected chi connectivity index (χ3v) is 5.93. The van der Waals surface area contributed by atoms with Crippen molar-refractivity contribution in [1.29, 1.82) is 0 Å². The van der Waals surface area contributed by atoms with Gasteiger partial charge in [-0.25, -0.2) is 0 Å². The van der Waals surface area contributed by atoms with Crippen LogP contribution in [0, 0.1) is 0 Å². The minimum absolute atomic E-state index is 0. The summed E-state index contributed by atoms with van der Waals surface area (Å²) >= 11 is 0. The predicted octanol–water partition coefficient (Wildman–Crippen LogP) is 3.51. The van der Waals surface area contributed by atoms with E-state index in [4.69, 9.17) is 4.99 Å². The van der Waals surface area contributed by atoms with E-state index < -0.39 is 0 Å². The molecule has 4 rings (SSSR count). The average molecular weight is 561 g/mol. The first-order valence-electron chi connectivity index (χ1n) is 11.5. The third-order valence-electron chi connectivity index (χ3n) is 5.93. The molecule has 2 amide bonds. The Kier molecular flexibility index (Phi) is 9.11. The van der Waals surface area contributed by atoms with Crippen molar-refractivity contribution in [3.05, 3.63) is 65.7 Å². The molecule has 8 heteroatoms. The van der Waals surface area contributed by atoms with Gasteiger partial charge >= 0.3 is 0 Å². The van der Waals surface area contributed by atoms with E-state index in [-0.39, 0.29) is 35.8 Å². The molecule has 2 aromatic rings. The summed E-state index contributed by atoms with van der Waals surface area (Å²) in [7, 11) is 0. The molecule has 7 nitrogen and oxygen atoms in total. The van der Waals surface area contributed by atoms with Crippen LogP contribution < -0.4 is 15.5 Å². The van der Waals surface area contributed by atoms with E-state index >= 15 is 0 Å². The molecule has 0 radical (unpaired) electrons. The Morgan fingerprint density at radius 1 is 1.00 bits per heavy atom. The largest absolute Gasteiger partial charge is 0.369 e. The Balaban J connectivity index is 0.00000306. The van der Waals surface area contributed by atoms with Crippen molar-refractivity contribution in [2.45, 2.75) is 32.2 Å². The summed E-state index contributed by atoms with van der Waals surface area (Å²) in [6.07, 6.45) is 2.61. The zero-order valence-corrected chi connectivity index (χ0v) is 21.3. The van der Waals surface area contributed by atoms with Gasteiger partial charge in [0.25, 0.3) is 11.8 Å². The Hall–Kier alpha value is -2.62. The van der Waals surface area contributed by atoms with Crippen LogP contribution in [-0.4, -0.2) is 61.4 Å². The van der Waals surface area contributed by atoms with Gasteiger partial charge in [-0.3, -0.25) is 19.5 Å². The average Bonchev–Trinajstić information content (AvgIpc) is 3.38. The first-order chi connectivity index (χ1) is 15.7. The summed E-state index contributed by atoms with van der Waals surface area (Å²) in [5.74, 6) is 0.453. The van der Waals surface area contributed by atoms with E-state index in [1.807, 2.05) is 6.07 Å². The Labute approximate surface area is 212 Å². The number of hydrogen-bond acceptors (Lipinski definition) is 4. The van der Waals surface area contributed by atoms with Crippen LogP contribution in [-0.2, 0) is 0 Å². The molecule has 2 N–H and O–H groups in total. The number of nitrogens with one attached hydrogen (secondary N) is 2. The quantitative estimate of drug-likeness (QED) is 0.170. The molecule has 0 aromatic heterocycles. The number of para-hydroxylation sites is 1. The summed E-state index contributed by atoms with van der Waals surface area (Å²) in [6, 6.07) is 17.9. The lowest BCUT2D eigenvalue weighted by Gasteiger charge is -2.20. The highest BCUT2D eigenvalue weighted by molar-refractivity contribution is 14.0. The highest BCUT2D eigenvalue weighted by atomic mass is 127. The molecule has 1 saturated heterocycles. The van der Waals surface area contributed by atoms with Crippen molar-refractivity contribution in [1.82, 2.24) is 15.5 Å². The van der Waals surface area contributed by atoms with Crippen LogP contribution in [0.3, 0.4) is 0 Å². The number of nitrogens with zero attached hydrogens (tertiary/aromatic N) is 3. The maximum Gasteiger partial charge on any atom is 0.261 e. The summed E-state index contributed by atoms with van der Waals surface area (Å²) in [4.78, 5) is 33.3. The number of carbonyl (C=O) groups is 2. The lowest BCUT2D eigenvalue weighted by molar-refractivity contribution is 0.0652. The Morgan fingerprint density at radius 3 is 2.33 bits per heavy atom. The number of benzene rings is 2. The smallest absolute Gasteiger partial charge is 0.261 e. The molecule has 33 heavy (non-hydrogen) atoms. The monoisotopic (exact) mass is 561 g/mol. The molecule has 1 atom stereocenters. The summed E-state index contributed by atoms with van der Waals surface area (Å²) in [5.41, 5.74) is 2.28. The van der Waals surface area contributed by atoms with Gasteiger partial charge in [-0.15, -0.1) is 24.0 Å². The summed E-state index contributed by atoms with van der Waals surface area (Å²) < 4.78 is 0. The fourth-order valence-corrected chi connectivity index (χ4v) is 4.28. The molecule has 0 spiro atoms. The molecular formula is C25H32IN5O2. The molecule has 1 fully saturated rings. The molecule has 2 heterocycles. The van der Waals surface area contributed by atoms with Crippen LogP contribution in [0.4, 0.5) is 5.69 Å². The molecular weight excluding hydrogens is 529 g/mol. The predicted molar refractivity (Wildman–Crippen MR) is 143 cm³/mol. The number of halogens is 1. The number of amides is 2. The van der Waals surface area contributed by atoms with Crippen LogP contribution in [0.1, 0.15) is 46.9 Å². The number of imide groups is 1. The van der Waals surface area contributed by atoms with Crippen LogP contribution >= 0.6 is 24.0 Å². The lowest BCUT2D eigenvalue weighted by atomic mass is 10.1. The molecule has 1 unspecified atom stereocenters. The normalized spacial score (nSPS) is 17.7. The molecule has 0 saturated carbocycles. The van der Waals surface area contributed by atoms with Gasteiger partial charge in [-0.1, -0.05) is 30.3 Å². The Morgan fingerprint density at radius 2 is 1.67 bits per heavy atom. The van der Waals surface area contributed by atoms with Crippen molar-refractivity contribution in [2.24, 2.45) is 4.99 Å². The second-order valence-electron chi connectivity index (χ2n) is 8.19. The highest BCUT2D eigenvalue weighted by Gasteiger charge is 2.34. The fraction of sp³-hybridized carbons (Fsp3) is 0.400. The van der Waals surface area contributed by atoms with Crippen molar-refractivity contribution < 1.29 is 9.59 Å². The fourth-order valence-electron chi connectivity index (χ4n) is 4.28. The van der Waals surface area contributed by atoms with Gasteiger partial charge in [0.1, 0.15) is 0 Å². The molecule has 176 valence electrons. The van der Waals surface area contributed by atoms with Crippen molar-refractivity contribution in [3.8, 4) is 0 Å². The number of carbonyl (C=O) groups excluding carboxylic acids is 2. The first kappa shape index (κ1) is 25.0. The standard InChI is InChI=1S/C25H31N5O2.HI/c1-2-26-25(28-19-14-17-29(18-19)20-10-4-3-5-11-20)27-15-8-9-16-30-23(31)21-12-6-7-13-22(21)24(30)32;/h3-7,10-13,19H,2,8-9,14-18H2,1H3,(H2,26,27,28);1H. The maximum absolute atomic E-state index is 12.4. The summed E-state index contributed by atoms with van der Waals surface area (Å²) in [6.45, 7) is 5.92. The van der Waals surface area contributed by atoms with Crippen LogP contribution in [0.2, 0.25) is 0 Å². The van der Waals surface area contributed by atoms with E-state index in [0.717, 1.165) is 44.9 Å². The van der Waals surface area contributed by atoms with Gasteiger partial charge in [0.15, 0.2) is 5.96 Å². The third kappa shape index (κ3) is 6.04. The number of aliphatic imine (C=N–C) groups is 1. The van der Waals surface area contributed by atoms with E-state index in [1.165, 1.54) is 10.6 Å². The Bertz CT molecular complexity index is 947. The molecule has 0 bridgehead atoms.